The Morgan fingerprint density at radius 1 is 1.26 bits per heavy atom. The van der Waals surface area contributed by atoms with Crippen molar-refractivity contribution in [1.82, 2.24) is 24.5 Å². The molecule has 140 valence electrons. The fraction of sp³-hybridized carbons (Fsp3) is 0.368. The van der Waals surface area contributed by atoms with Crippen LogP contribution in [0.25, 0.3) is 0 Å². The van der Waals surface area contributed by atoms with E-state index in [4.69, 9.17) is 4.74 Å². The summed E-state index contributed by atoms with van der Waals surface area (Å²) < 4.78 is 9.57. The van der Waals surface area contributed by atoms with Crippen LogP contribution in [0.4, 0.5) is 5.95 Å². The number of amides is 1. The molecule has 2 aromatic heterocycles. The van der Waals surface area contributed by atoms with Crippen LogP contribution in [-0.4, -0.2) is 37.1 Å². The first-order chi connectivity index (χ1) is 13.1. The lowest BCUT2D eigenvalue weighted by molar-refractivity contribution is -0.121. The van der Waals surface area contributed by atoms with Gasteiger partial charge in [-0.05, 0) is 25.0 Å². The lowest BCUT2D eigenvalue weighted by Gasteiger charge is -2.19. The fourth-order valence-corrected chi connectivity index (χ4v) is 3.34. The van der Waals surface area contributed by atoms with Gasteiger partial charge in [0.05, 0.1) is 18.2 Å². The molecule has 0 saturated carbocycles. The first kappa shape index (κ1) is 17.4. The van der Waals surface area contributed by atoms with Gasteiger partial charge in [0.1, 0.15) is 11.9 Å². The maximum Gasteiger partial charge on any atom is 0.232 e. The number of ether oxygens (including phenoxy) is 1. The van der Waals surface area contributed by atoms with E-state index in [1.165, 1.54) is 0 Å². The Hall–Kier alpha value is -3.00. The summed E-state index contributed by atoms with van der Waals surface area (Å²) >= 11 is 0. The van der Waals surface area contributed by atoms with Crippen LogP contribution in [0.5, 0.6) is 0 Å². The standard InChI is InChI=1S/C19H22N6O2/c1-13-22-23-19(24(13)2)21-18(26)15-9-11-27-17(15)16-8-10-20-25(16)12-14-6-4-3-5-7-14/h3-8,10,15,17H,9,11-12H2,1-2H3,(H,21,23,26)/t15-,17-/m0/s1. The van der Waals surface area contributed by atoms with Gasteiger partial charge in [-0.3, -0.25) is 14.8 Å². The number of anilines is 1. The molecule has 1 amide bonds. The largest absolute Gasteiger partial charge is 0.371 e. The van der Waals surface area contributed by atoms with Crippen LogP contribution in [0.1, 0.15) is 29.6 Å². The minimum absolute atomic E-state index is 0.111. The molecular formula is C19H22N6O2. The number of carbonyl (C=O) groups is 1. The molecule has 0 unspecified atom stereocenters. The maximum atomic E-state index is 12.8. The van der Waals surface area contributed by atoms with Crippen molar-refractivity contribution >= 4 is 11.9 Å². The van der Waals surface area contributed by atoms with Crippen molar-refractivity contribution in [2.45, 2.75) is 26.0 Å². The van der Waals surface area contributed by atoms with Gasteiger partial charge in [0.25, 0.3) is 0 Å². The highest BCUT2D eigenvalue weighted by atomic mass is 16.5. The maximum absolute atomic E-state index is 12.8. The highest BCUT2D eigenvalue weighted by molar-refractivity contribution is 5.91. The molecule has 1 saturated heterocycles. The summed E-state index contributed by atoms with van der Waals surface area (Å²) in [6, 6.07) is 12.0. The third kappa shape index (κ3) is 3.48. The lowest BCUT2D eigenvalue weighted by atomic mass is 9.98. The molecule has 3 aromatic rings. The number of rotatable bonds is 5. The third-order valence-electron chi connectivity index (χ3n) is 4.97. The van der Waals surface area contributed by atoms with Gasteiger partial charge in [-0.1, -0.05) is 30.3 Å². The van der Waals surface area contributed by atoms with E-state index >= 15 is 0 Å². The summed E-state index contributed by atoms with van der Waals surface area (Å²) in [6.45, 7) is 3.02. The Bertz CT molecular complexity index is 933. The molecule has 0 spiro atoms. The van der Waals surface area contributed by atoms with Gasteiger partial charge in [0.2, 0.25) is 11.9 Å². The summed E-state index contributed by atoms with van der Waals surface area (Å²) in [5.41, 5.74) is 2.06. The van der Waals surface area contributed by atoms with Crippen molar-refractivity contribution in [2.24, 2.45) is 13.0 Å². The Labute approximate surface area is 157 Å². The number of nitrogens with one attached hydrogen (secondary N) is 1. The second kappa shape index (κ2) is 7.32. The van der Waals surface area contributed by atoms with Crippen molar-refractivity contribution in [1.29, 1.82) is 0 Å². The molecule has 0 bridgehead atoms. The van der Waals surface area contributed by atoms with E-state index in [9.17, 15) is 4.79 Å². The van der Waals surface area contributed by atoms with Crippen LogP contribution >= 0.6 is 0 Å². The second-order valence-corrected chi connectivity index (χ2v) is 6.70. The van der Waals surface area contributed by atoms with Crippen LogP contribution in [0.15, 0.2) is 42.6 Å². The van der Waals surface area contributed by atoms with E-state index in [0.717, 1.165) is 17.1 Å². The van der Waals surface area contributed by atoms with Crippen LogP contribution in [0.2, 0.25) is 0 Å². The number of aromatic nitrogens is 5. The number of hydrogen-bond donors (Lipinski definition) is 1. The second-order valence-electron chi connectivity index (χ2n) is 6.70. The van der Waals surface area contributed by atoms with Gasteiger partial charge in [-0.25, -0.2) is 0 Å². The Morgan fingerprint density at radius 2 is 2.07 bits per heavy atom. The summed E-state index contributed by atoms with van der Waals surface area (Å²) in [5.74, 6) is 0.778. The number of aryl methyl sites for hydroxylation is 1. The Morgan fingerprint density at radius 3 is 2.81 bits per heavy atom. The van der Waals surface area contributed by atoms with E-state index in [2.05, 4.69) is 32.7 Å². The predicted octanol–water partition coefficient (Wildman–Crippen LogP) is 2.08. The van der Waals surface area contributed by atoms with Crippen LogP contribution in [-0.2, 0) is 23.1 Å². The van der Waals surface area contributed by atoms with Gasteiger partial charge < -0.3 is 9.30 Å². The number of nitrogens with zero attached hydrogens (tertiary/aromatic N) is 5. The monoisotopic (exact) mass is 366 g/mol. The highest BCUT2D eigenvalue weighted by Crippen LogP contribution is 2.35. The molecule has 1 N–H and O–H groups in total. The van der Waals surface area contributed by atoms with Crippen molar-refractivity contribution in [3.63, 3.8) is 0 Å². The summed E-state index contributed by atoms with van der Waals surface area (Å²) in [5, 5.41) is 15.3. The molecule has 8 heteroatoms. The average Bonchev–Trinajstić information content (AvgIpc) is 3.39. The number of hydrogen-bond acceptors (Lipinski definition) is 5. The molecule has 1 aliphatic rings. The molecule has 8 nitrogen and oxygen atoms in total. The molecule has 3 heterocycles. The van der Waals surface area contributed by atoms with Crippen molar-refractivity contribution < 1.29 is 9.53 Å². The van der Waals surface area contributed by atoms with E-state index in [1.807, 2.05) is 42.9 Å². The zero-order chi connectivity index (χ0) is 18.8. The lowest BCUT2D eigenvalue weighted by Crippen LogP contribution is -2.28. The zero-order valence-electron chi connectivity index (χ0n) is 15.4. The van der Waals surface area contributed by atoms with Gasteiger partial charge in [-0.15, -0.1) is 10.2 Å². The molecule has 0 aliphatic carbocycles. The topological polar surface area (TPSA) is 86.9 Å². The zero-order valence-corrected chi connectivity index (χ0v) is 15.4. The Kier molecular flexibility index (Phi) is 4.72. The van der Waals surface area contributed by atoms with Gasteiger partial charge in [-0.2, -0.15) is 5.10 Å². The molecule has 0 radical (unpaired) electrons. The van der Waals surface area contributed by atoms with Crippen LogP contribution < -0.4 is 5.32 Å². The normalized spacial score (nSPS) is 19.3. The first-order valence-electron chi connectivity index (χ1n) is 8.97. The first-order valence-corrected chi connectivity index (χ1v) is 8.97. The minimum Gasteiger partial charge on any atom is -0.371 e. The minimum atomic E-state index is -0.328. The fourth-order valence-electron chi connectivity index (χ4n) is 3.34. The summed E-state index contributed by atoms with van der Waals surface area (Å²) in [4.78, 5) is 12.8. The van der Waals surface area contributed by atoms with Gasteiger partial charge >= 0.3 is 0 Å². The van der Waals surface area contributed by atoms with E-state index in [1.54, 1.807) is 10.8 Å². The Balaban J connectivity index is 1.53. The van der Waals surface area contributed by atoms with Crippen molar-refractivity contribution in [2.75, 3.05) is 11.9 Å². The van der Waals surface area contributed by atoms with Gasteiger partial charge in [0.15, 0.2) is 0 Å². The SMILES string of the molecule is Cc1nnc(NC(=O)[C@H]2CCO[C@@H]2c2ccnn2Cc2ccccc2)n1C. The van der Waals surface area contributed by atoms with Crippen molar-refractivity contribution in [3.8, 4) is 0 Å². The summed E-state index contributed by atoms with van der Waals surface area (Å²) in [6.07, 6.45) is 2.08. The highest BCUT2D eigenvalue weighted by Gasteiger charge is 2.37. The van der Waals surface area contributed by atoms with E-state index in [0.29, 0.717) is 25.5 Å². The molecule has 2 atom stereocenters. The predicted molar refractivity (Wildman–Crippen MR) is 98.9 cm³/mol. The third-order valence-corrected chi connectivity index (χ3v) is 4.97. The summed E-state index contributed by atoms with van der Waals surface area (Å²) in [7, 11) is 1.82. The van der Waals surface area contributed by atoms with Gasteiger partial charge in [0, 0.05) is 19.9 Å². The van der Waals surface area contributed by atoms with Crippen LogP contribution in [0.3, 0.4) is 0 Å². The van der Waals surface area contributed by atoms with E-state index in [-0.39, 0.29) is 17.9 Å². The molecule has 1 aliphatic heterocycles. The molecule has 1 aromatic carbocycles. The molecule has 4 rings (SSSR count). The number of benzene rings is 1. The molecule has 27 heavy (non-hydrogen) atoms. The molecule has 1 fully saturated rings. The average molecular weight is 366 g/mol. The number of carbonyl (C=O) groups excluding carboxylic acids is 1. The smallest absolute Gasteiger partial charge is 0.232 e. The quantitative estimate of drug-likeness (QED) is 0.747. The van der Waals surface area contributed by atoms with E-state index < -0.39 is 0 Å². The van der Waals surface area contributed by atoms with Crippen LogP contribution in [0, 0.1) is 12.8 Å². The molecular weight excluding hydrogens is 344 g/mol. The van der Waals surface area contributed by atoms with Crippen molar-refractivity contribution in [3.05, 3.63) is 59.7 Å².